The number of aromatic carboxylic acids is 2. The van der Waals surface area contributed by atoms with Crippen LogP contribution in [0.5, 0.6) is 0 Å². The van der Waals surface area contributed by atoms with Gasteiger partial charge in [-0.1, -0.05) is 36.4 Å². The highest BCUT2D eigenvalue weighted by Crippen LogP contribution is 2.09. The minimum atomic E-state index is -0.907. The van der Waals surface area contributed by atoms with Gasteiger partial charge in [0, 0.05) is 39.3 Å². The molecule has 0 spiro atoms. The Labute approximate surface area is 170 Å². The first kappa shape index (κ1) is 20.8. The average molecular weight is 394 g/mol. The van der Waals surface area contributed by atoms with E-state index in [2.05, 4.69) is 15.9 Å². The Morgan fingerprint density at radius 2 is 1.31 bits per heavy atom. The topological polar surface area (TPSA) is 81.1 Å². The average Bonchev–Trinajstić information content (AvgIpc) is 2.74. The molecule has 0 saturated carbocycles. The lowest BCUT2D eigenvalue weighted by atomic mass is 10.1. The maximum absolute atomic E-state index is 10.9. The van der Waals surface area contributed by atoms with Gasteiger partial charge in [0.1, 0.15) is 0 Å². The fourth-order valence-electron chi connectivity index (χ4n) is 3.37. The van der Waals surface area contributed by atoms with Gasteiger partial charge in [-0.15, -0.1) is 0 Å². The zero-order chi connectivity index (χ0) is 20.6. The number of nitrogens with zero attached hydrogens (tertiary/aromatic N) is 2. The third-order valence-electron chi connectivity index (χ3n) is 5.21. The standard InChI is InChI=1S/C23H26N2O4/c26-22(27)20-7-3-18(4-8-20)2-1-12-24-14-16-25(17-15-24)13-11-19-5-9-21(10-6-19)23(28)29/h1-10H,11-17H2,(H,26,27)(H,28,29). The Kier molecular flexibility index (Phi) is 7.16. The number of carbonyl (C=O) groups is 2. The van der Waals surface area contributed by atoms with E-state index in [1.165, 1.54) is 0 Å². The minimum absolute atomic E-state index is 0.302. The summed E-state index contributed by atoms with van der Waals surface area (Å²) in [5, 5.41) is 17.9. The molecule has 2 aromatic carbocycles. The molecule has 1 aliphatic heterocycles. The van der Waals surface area contributed by atoms with Crippen LogP contribution in [0.2, 0.25) is 0 Å². The van der Waals surface area contributed by atoms with Gasteiger partial charge < -0.3 is 15.1 Å². The van der Waals surface area contributed by atoms with Gasteiger partial charge in [0.15, 0.2) is 0 Å². The Morgan fingerprint density at radius 3 is 1.86 bits per heavy atom. The summed E-state index contributed by atoms with van der Waals surface area (Å²) in [6.45, 7) is 5.93. The molecule has 1 fully saturated rings. The van der Waals surface area contributed by atoms with Crippen molar-refractivity contribution in [3.8, 4) is 0 Å². The molecule has 0 radical (unpaired) electrons. The predicted molar refractivity (Wildman–Crippen MR) is 112 cm³/mol. The van der Waals surface area contributed by atoms with Crippen LogP contribution in [0.1, 0.15) is 31.8 Å². The van der Waals surface area contributed by atoms with Crippen molar-refractivity contribution in [2.75, 3.05) is 39.3 Å². The molecule has 0 bridgehead atoms. The Bertz CT molecular complexity index is 851. The van der Waals surface area contributed by atoms with Crippen molar-refractivity contribution in [2.24, 2.45) is 0 Å². The van der Waals surface area contributed by atoms with Crippen molar-refractivity contribution < 1.29 is 19.8 Å². The molecule has 1 aliphatic rings. The third-order valence-corrected chi connectivity index (χ3v) is 5.21. The van der Waals surface area contributed by atoms with Gasteiger partial charge >= 0.3 is 11.9 Å². The molecule has 2 aromatic rings. The molecule has 152 valence electrons. The lowest BCUT2D eigenvalue weighted by molar-refractivity contribution is 0.0686. The van der Waals surface area contributed by atoms with E-state index in [4.69, 9.17) is 10.2 Å². The van der Waals surface area contributed by atoms with Crippen LogP contribution in [0.4, 0.5) is 0 Å². The zero-order valence-electron chi connectivity index (χ0n) is 16.3. The summed E-state index contributed by atoms with van der Waals surface area (Å²) >= 11 is 0. The first-order chi connectivity index (χ1) is 14.0. The quantitative estimate of drug-likeness (QED) is 0.717. The summed E-state index contributed by atoms with van der Waals surface area (Å²) in [5.41, 5.74) is 2.79. The number of carboxylic acid groups (broad SMARTS) is 2. The Hall–Kier alpha value is -2.96. The molecular weight excluding hydrogens is 368 g/mol. The van der Waals surface area contributed by atoms with Crippen molar-refractivity contribution >= 4 is 18.0 Å². The van der Waals surface area contributed by atoms with Crippen molar-refractivity contribution in [3.05, 3.63) is 76.9 Å². The zero-order valence-corrected chi connectivity index (χ0v) is 16.3. The van der Waals surface area contributed by atoms with Crippen LogP contribution in [0.15, 0.2) is 54.6 Å². The van der Waals surface area contributed by atoms with Gasteiger partial charge in [-0.25, -0.2) is 9.59 Å². The Morgan fingerprint density at radius 1 is 0.793 bits per heavy atom. The van der Waals surface area contributed by atoms with E-state index in [-0.39, 0.29) is 0 Å². The van der Waals surface area contributed by atoms with Crippen LogP contribution < -0.4 is 0 Å². The molecule has 6 nitrogen and oxygen atoms in total. The second-order valence-electron chi connectivity index (χ2n) is 7.22. The molecule has 0 atom stereocenters. The summed E-state index contributed by atoms with van der Waals surface area (Å²) in [5.74, 6) is -1.80. The molecule has 6 heteroatoms. The molecule has 0 amide bonds. The molecule has 2 N–H and O–H groups in total. The molecule has 0 aromatic heterocycles. The lowest BCUT2D eigenvalue weighted by Gasteiger charge is -2.34. The molecular formula is C23H26N2O4. The first-order valence-corrected chi connectivity index (χ1v) is 9.78. The van der Waals surface area contributed by atoms with Crippen molar-refractivity contribution in [1.82, 2.24) is 9.80 Å². The fourth-order valence-corrected chi connectivity index (χ4v) is 3.37. The van der Waals surface area contributed by atoms with E-state index in [1.807, 2.05) is 30.3 Å². The summed E-state index contributed by atoms with van der Waals surface area (Å²) in [6.07, 6.45) is 5.07. The predicted octanol–water partition coefficient (Wildman–Crippen LogP) is 2.96. The number of rotatable bonds is 8. The summed E-state index contributed by atoms with van der Waals surface area (Å²) < 4.78 is 0. The van der Waals surface area contributed by atoms with E-state index in [9.17, 15) is 9.59 Å². The van der Waals surface area contributed by atoms with Crippen LogP contribution >= 0.6 is 0 Å². The van der Waals surface area contributed by atoms with Crippen molar-refractivity contribution in [1.29, 1.82) is 0 Å². The summed E-state index contributed by atoms with van der Waals surface area (Å²) in [6, 6.07) is 14.0. The van der Waals surface area contributed by atoms with Gasteiger partial charge in [0.25, 0.3) is 0 Å². The van der Waals surface area contributed by atoms with E-state index < -0.39 is 11.9 Å². The largest absolute Gasteiger partial charge is 0.478 e. The molecule has 29 heavy (non-hydrogen) atoms. The first-order valence-electron chi connectivity index (χ1n) is 9.78. The number of carboxylic acids is 2. The van der Waals surface area contributed by atoms with E-state index in [1.54, 1.807) is 24.3 Å². The second-order valence-corrected chi connectivity index (χ2v) is 7.22. The van der Waals surface area contributed by atoms with Gasteiger partial charge in [0.05, 0.1) is 11.1 Å². The monoisotopic (exact) mass is 394 g/mol. The van der Waals surface area contributed by atoms with Crippen LogP contribution in [-0.2, 0) is 6.42 Å². The number of hydrogen-bond acceptors (Lipinski definition) is 4. The highest BCUT2D eigenvalue weighted by atomic mass is 16.4. The van der Waals surface area contributed by atoms with E-state index in [0.29, 0.717) is 11.1 Å². The SMILES string of the molecule is O=C(O)c1ccc(C=CCN2CCN(CCc3ccc(C(=O)O)cc3)CC2)cc1. The maximum Gasteiger partial charge on any atom is 0.335 e. The number of benzene rings is 2. The van der Waals surface area contributed by atoms with Crippen LogP contribution in [0, 0.1) is 0 Å². The van der Waals surface area contributed by atoms with E-state index in [0.717, 1.165) is 56.8 Å². The van der Waals surface area contributed by atoms with Gasteiger partial charge in [-0.3, -0.25) is 4.90 Å². The van der Waals surface area contributed by atoms with Gasteiger partial charge in [-0.05, 0) is 41.8 Å². The smallest absolute Gasteiger partial charge is 0.335 e. The fraction of sp³-hybridized carbons (Fsp3) is 0.304. The van der Waals surface area contributed by atoms with Crippen molar-refractivity contribution in [2.45, 2.75) is 6.42 Å². The highest BCUT2D eigenvalue weighted by molar-refractivity contribution is 5.88. The second kappa shape index (κ2) is 10.0. The minimum Gasteiger partial charge on any atom is -0.478 e. The summed E-state index contributed by atoms with van der Waals surface area (Å²) in [7, 11) is 0. The lowest BCUT2D eigenvalue weighted by Crippen LogP contribution is -2.46. The van der Waals surface area contributed by atoms with Gasteiger partial charge in [-0.2, -0.15) is 0 Å². The van der Waals surface area contributed by atoms with Crippen molar-refractivity contribution in [3.63, 3.8) is 0 Å². The maximum atomic E-state index is 10.9. The van der Waals surface area contributed by atoms with Crippen LogP contribution in [-0.4, -0.2) is 71.2 Å². The number of hydrogen-bond donors (Lipinski definition) is 2. The van der Waals surface area contributed by atoms with Crippen LogP contribution in [0.25, 0.3) is 6.08 Å². The normalized spacial score (nSPS) is 15.6. The molecule has 1 heterocycles. The molecule has 1 saturated heterocycles. The van der Waals surface area contributed by atoms with E-state index >= 15 is 0 Å². The third kappa shape index (κ3) is 6.27. The highest BCUT2D eigenvalue weighted by Gasteiger charge is 2.15. The van der Waals surface area contributed by atoms with Crippen LogP contribution in [0.3, 0.4) is 0 Å². The molecule has 0 unspecified atom stereocenters. The summed E-state index contributed by atoms with van der Waals surface area (Å²) in [4.78, 5) is 26.6. The molecule has 3 rings (SSSR count). The molecule has 0 aliphatic carbocycles. The van der Waals surface area contributed by atoms with Gasteiger partial charge in [0.2, 0.25) is 0 Å². The number of piperazine rings is 1. The Balaban J connectivity index is 1.37.